The van der Waals surface area contributed by atoms with Crippen molar-refractivity contribution in [2.75, 3.05) is 18.9 Å². The highest BCUT2D eigenvalue weighted by Gasteiger charge is 2.34. The van der Waals surface area contributed by atoms with Gasteiger partial charge in [-0.05, 0) is 25.1 Å². The second kappa shape index (κ2) is 5.50. The maximum absolute atomic E-state index is 12.5. The predicted octanol–water partition coefficient (Wildman–Crippen LogP) is 0.869. The van der Waals surface area contributed by atoms with E-state index < -0.39 is 23.8 Å². The largest absolute Gasteiger partial charge is 0.387 e. The minimum atomic E-state index is -0.705. The number of imide groups is 1. The molecule has 2 rings (SSSR count). The molecule has 2 N–H and O–H groups in total. The van der Waals surface area contributed by atoms with Gasteiger partial charge in [0.2, 0.25) is 11.8 Å². The lowest BCUT2D eigenvalue weighted by Gasteiger charge is -2.32. The Hall–Kier alpha value is -2.08. The summed E-state index contributed by atoms with van der Waals surface area (Å²) >= 11 is 5.91. The third-order valence-corrected chi connectivity index (χ3v) is 3.40. The van der Waals surface area contributed by atoms with E-state index >= 15 is 0 Å². The summed E-state index contributed by atoms with van der Waals surface area (Å²) < 4.78 is 0. The molecule has 1 atom stereocenters. The number of nitrogens with one attached hydrogen (secondary N) is 2. The third kappa shape index (κ3) is 2.60. The molecule has 1 heterocycles. The molecule has 0 aliphatic carbocycles. The SMILES string of the molecule is CNc1ccc(Cl)cc1C(=O)N1CC(=O)NC(=O)C1C. The fourth-order valence-electron chi connectivity index (χ4n) is 2.03. The third-order valence-electron chi connectivity index (χ3n) is 3.17. The fraction of sp³-hybridized carbons (Fsp3) is 0.308. The zero-order valence-electron chi connectivity index (χ0n) is 11.1. The number of piperazine rings is 1. The Bertz CT molecular complexity index is 588. The topological polar surface area (TPSA) is 78.5 Å². The minimum absolute atomic E-state index is 0.151. The van der Waals surface area contributed by atoms with Crippen molar-refractivity contribution in [3.05, 3.63) is 28.8 Å². The Morgan fingerprint density at radius 2 is 2.15 bits per heavy atom. The van der Waals surface area contributed by atoms with Crippen molar-refractivity contribution in [1.29, 1.82) is 0 Å². The number of hydrogen-bond donors (Lipinski definition) is 2. The molecule has 3 amide bonds. The van der Waals surface area contributed by atoms with Crippen molar-refractivity contribution in [2.45, 2.75) is 13.0 Å². The van der Waals surface area contributed by atoms with E-state index in [2.05, 4.69) is 10.6 Å². The monoisotopic (exact) mass is 295 g/mol. The van der Waals surface area contributed by atoms with Crippen molar-refractivity contribution in [3.8, 4) is 0 Å². The first-order valence-electron chi connectivity index (χ1n) is 6.06. The maximum atomic E-state index is 12.5. The van der Waals surface area contributed by atoms with E-state index in [1.165, 1.54) is 11.0 Å². The van der Waals surface area contributed by atoms with Crippen molar-refractivity contribution in [2.24, 2.45) is 0 Å². The maximum Gasteiger partial charge on any atom is 0.257 e. The van der Waals surface area contributed by atoms with Gasteiger partial charge in [-0.1, -0.05) is 11.6 Å². The molecular weight excluding hydrogens is 282 g/mol. The molecule has 1 fully saturated rings. The van der Waals surface area contributed by atoms with Crippen LogP contribution < -0.4 is 10.6 Å². The van der Waals surface area contributed by atoms with Crippen LogP contribution in [0.25, 0.3) is 0 Å². The number of hydrogen-bond acceptors (Lipinski definition) is 4. The molecule has 0 radical (unpaired) electrons. The van der Waals surface area contributed by atoms with Crippen LogP contribution in [0.2, 0.25) is 5.02 Å². The van der Waals surface area contributed by atoms with E-state index in [-0.39, 0.29) is 6.54 Å². The van der Waals surface area contributed by atoms with Gasteiger partial charge < -0.3 is 10.2 Å². The standard InChI is InChI=1S/C13H14ClN3O3/c1-7-12(19)16-11(18)6-17(7)13(20)9-5-8(14)3-4-10(9)15-2/h3-5,7,15H,6H2,1-2H3,(H,16,18,19). The van der Waals surface area contributed by atoms with E-state index in [1.807, 2.05) is 0 Å². The van der Waals surface area contributed by atoms with Gasteiger partial charge in [0.25, 0.3) is 5.91 Å². The fourth-order valence-corrected chi connectivity index (χ4v) is 2.20. The molecule has 1 aliphatic rings. The molecule has 1 aromatic rings. The Labute approximate surface area is 121 Å². The first kappa shape index (κ1) is 14.3. The van der Waals surface area contributed by atoms with Crippen LogP contribution in [0, 0.1) is 0 Å². The number of anilines is 1. The number of amides is 3. The highest BCUT2D eigenvalue weighted by Crippen LogP contribution is 2.23. The molecule has 1 aromatic carbocycles. The van der Waals surface area contributed by atoms with Crippen molar-refractivity contribution in [3.63, 3.8) is 0 Å². The van der Waals surface area contributed by atoms with Crippen molar-refractivity contribution < 1.29 is 14.4 Å². The molecule has 7 heteroatoms. The van der Waals surface area contributed by atoms with Crippen LogP contribution in [0.1, 0.15) is 17.3 Å². The Kier molecular flexibility index (Phi) is 3.94. The van der Waals surface area contributed by atoms with E-state index in [9.17, 15) is 14.4 Å². The summed E-state index contributed by atoms with van der Waals surface area (Å²) in [5.41, 5.74) is 0.916. The van der Waals surface area contributed by atoms with Crippen molar-refractivity contribution in [1.82, 2.24) is 10.2 Å². The summed E-state index contributed by atoms with van der Waals surface area (Å²) in [7, 11) is 1.68. The van der Waals surface area contributed by atoms with Crippen LogP contribution in [0.4, 0.5) is 5.69 Å². The number of carbonyl (C=O) groups is 3. The number of nitrogens with zero attached hydrogens (tertiary/aromatic N) is 1. The first-order valence-corrected chi connectivity index (χ1v) is 6.43. The number of benzene rings is 1. The summed E-state index contributed by atoms with van der Waals surface area (Å²) in [6.45, 7) is 1.42. The lowest BCUT2D eigenvalue weighted by molar-refractivity contribution is -0.138. The van der Waals surface area contributed by atoms with Gasteiger partial charge in [-0.2, -0.15) is 0 Å². The van der Waals surface area contributed by atoms with Crippen molar-refractivity contribution >= 4 is 35.0 Å². The highest BCUT2D eigenvalue weighted by atomic mass is 35.5. The molecule has 1 unspecified atom stereocenters. The van der Waals surface area contributed by atoms with Gasteiger partial charge in [-0.25, -0.2) is 0 Å². The smallest absolute Gasteiger partial charge is 0.257 e. The van der Waals surface area contributed by atoms with E-state index in [0.717, 1.165) is 0 Å². The lowest BCUT2D eigenvalue weighted by Crippen LogP contribution is -2.58. The van der Waals surface area contributed by atoms with Crippen LogP contribution in [-0.2, 0) is 9.59 Å². The molecule has 0 saturated carbocycles. The molecular formula is C13H14ClN3O3. The Balaban J connectivity index is 2.37. The van der Waals surface area contributed by atoms with E-state index in [0.29, 0.717) is 16.3 Å². The first-order chi connectivity index (χ1) is 9.43. The Morgan fingerprint density at radius 1 is 1.45 bits per heavy atom. The number of halogens is 1. The summed E-state index contributed by atoms with van der Waals surface area (Å²) in [5.74, 6) is -1.38. The average molecular weight is 296 g/mol. The van der Waals surface area contributed by atoms with Gasteiger partial charge in [-0.15, -0.1) is 0 Å². The summed E-state index contributed by atoms with van der Waals surface area (Å²) in [6, 6.07) is 4.14. The van der Waals surface area contributed by atoms with Crippen LogP contribution in [0.5, 0.6) is 0 Å². The summed E-state index contributed by atoms with van der Waals surface area (Å²) in [4.78, 5) is 36.8. The van der Waals surface area contributed by atoms with Gasteiger partial charge in [0, 0.05) is 17.8 Å². The zero-order valence-corrected chi connectivity index (χ0v) is 11.8. The van der Waals surface area contributed by atoms with Crippen LogP contribution >= 0.6 is 11.6 Å². The van der Waals surface area contributed by atoms with Gasteiger partial charge >= 0.3 is 0 Å². The zero-order chi connectivity index (χ0) is 14.9. The van der Waals surface area contributed by atoms with Gasteiger partial charge in [0.05, 0.1) is 5.56 Å². The molecule has 6 nitrogen and oxygen atoms in total. The number of carbonyl (C=O) groups excluding carboxylic acids is 3. The number of rotatable bonds is 2. The second-order valence-corrected chi connectivity index (χ2v) is 4.90. The summed E-state index contributed by atoms with van der Waals surface area (Å²) in [5, 5.41) is 5.49. The van der Waals surface area contributed by atoms with E-state index in [1.54, 1.807) is 26.1 Å². The average Bonchev–Trinajstić information content (AvgIpc) is 2.42. The van der Waals surface area contributed by atoms with Gasteiger partial charge in [0.15, 0.2) is 0 Å². The Morgan fingerprint density at radius 3 is 2.80 bits per heavy atom. The summed E-state index contributed by atoms with van der Waals surface area (Å²) in [6.07, 6.45) is 0. The molecule has 0 aromatic heterocycles. The van der Waals surface area contributed by atoms with Crippen LogP contribution in [0.15, 0.2) is 18.2 Å². The predicted molar refractivity (Wildman–Crippen MR) is 74.6 cm³/mol. The molecule has 1 aliphatic heterocycles. The molecule has 106 valence electrons. The molecule has 20 heavy (non-hydrogen) atoms. The molecule has 0 spiro atoms. The van der Waals surface area contributed by atoms with Gasteiger partial charge in [-0.3, -0.25) is 19.7 Å². The quantitative estimate of drug-likeness (QED) is 0.794. The highest BCUT2D eigenvalue weighted by molar-refractivity contribution is 6.31. The second-order valence-electron chi connectivity index (χ2n) is 4.46. The van der Waals surface area contributed by atoms with Gasteiger partial charge in [0.1, 0.15) is 12.6 Å². The normalized spacial score (nSPS) is 18.8. The van der Waals surface area contributed by atoms with Crippen LogP contribution in [-0.4, -0.2) is 42.3 Å². The van der Waals surface area contributed by atoms with E-state index in [4.69, 9.17) is 11.6 Å². The lowest BCUT2D eigenvalue weighted by atomic mass is 10.1. The molecule has 1 saturated heterocycles. The minimum Gasteiger partial charge on any atom is -0.387 e. The van der Waals surface area contributed by atoms with Crippen LogP contribution in [0.3, 0.4) is 0 Å². The molecule has 0 bridgehead atoms.